The molecule has 0 radical (unpaired) electrons. The molecule has 0 unspecified atom stereocenters. The minimum Gasteiger partial charge on any atom is -0.506 e. The Morgan fingerprint density at radius 1 is 1.54 bits per heavy atom. The smallest absolute Gasteiger partial charge is 0.271 e. The molecule has 0 atom stereocenters. The van der Waals surface area contributed by atoms with E-state index in [2.05, 4.69) is 17.1 Å². The third kappa shape index (κ3) is 2.57. The Morgan fingerprint density at radius 3 is 2.92 bits per heavy atom. The Labute approximate surface area is 76.6 Å². The van der Waals surface area contributed by atoms with Gasteiger partial charge in [-0.15, -0.1) is 0 Å². The highest BCUT2D eigenvalue weighted by molar-refractivity contribution is 5.25. The van der Waals surface area contributed by atoms with Crippen molar-refractivity contribution in [1.82, 2.24) is 10.2 Å². The van der Waals surface area contributed by atoms with Gasteiger partial charge >= 0.3 is 0 Å². The van der Waals surface area contributed by atoms with Gasteiger partial charge in [-0.25, -0.2) is 5.10 Å². The van der Waals surface area contributed by atoms with Crippen LogP contribution in [0.5, 0.6) is 5.75 Å². The number of nitrogens with one attached hydrogen (secondary N) is 1. The van der Waals surface area contributed by atoms with Gasteiger partial charge in [0.15, 0.2) is 0 Å². The van der Waals surface area contributed by atoms with E-state index in [0.717, 1.165) is 19.3 Å². The van der Waals surface area contributed by atoms with E-state index in [4.69, 9.17) is 0 Å². The van der Waals surface area contributed by atoms with Crippen molar-refractivity contribution in [1.29, 1.82) is 0 Å². The number of aromatic hydroxyl groups is 1. The first-order valence-corrected chi connectivity index (χ1v) is 4.51. The van der Waals surface area contributed by atoms with E-state index in [1.54, 1.807) is 0 Å². The fourth-order valence-electron chi connectivity index (χ4n) is 1.21. The SMILES string of the molecule is CCCCCc1c(O)cn[nH]c1=O. The van der Waals surface area contributed by atoms with Gasteiger partial charge in [-0.3, -0.25) is 4.79 Å². The lowest BCUT2D eigenvalue weighted by molar-refractivity contribution is 0.459. The molecule has 0 fully saturated rings. The summed E-state index contributed by atoms with van der Waals surface area (Å²) in [6, 6.07) is 0. The van der Waals surface area contributed by atoms with E-state index in [0.29, 0.717) is 12.0 Å². The maximum absolute atomic E-state index is 11.2. The Morgan fingerprint density at radius 2 is 2.31 bits per heavy atom. The van der Waals surface area contributed by atoms with Gasteiger partial charge in [0.1, 0.15) is 5.75 Å². The zero-order valence-electron chi connectivity index (χ0n) is 7.71. The van der Waals surface area contributed by atoms with Crippen molar-refractivity contribution in [2.45, 2.75) is 32.6 Å². The topological polar surface area (TPSA) is 66.0 Å². The molecule has 4 heteroatoms. The molecule has 1 aromatic rings. The van der Waals surface area contributed by atoms with Crippen LogP contribution < -0.4 is 5.56 Å². The number of nitrogens with zero attached hydrogens (tertiary/aromatic N) is 1. The lowest BCUT2D eigenvalue weighted by Crippen LogP contribution is -2.13. The normalized spacial score (nSPS) is 10.2. The predicted octanol–water partition coefficient (Wildman–Crippen LogP) is 1.21. The summed E-state index contributed by atoms with van der Waals surface area (Å²) < 4.78 is 0. The molecule has 0 saturated carbocycles. The van der Waals surface area contributed by atoms with Gasteiger partial charge in [0.25, 0.3) is 5.56 Å². The van der Waals surface area contributed by atoms with Crippen molar-refractivity contribution in [3.8, 4) is 5.75 Å². The first-order valence-electron chi connectivity index (χ1n) is 4.51. The highest BCUT2D eigenvalue weighted by Crippen LogP contribution is 2.12. The number of H-pyrrole nitrogens is 1. The van der Waals surface area contributed by atoms with Gasteiger partial charge in [0, 0.05) is 0 Å². The van der Waals surface area contributed by atoms with Gasteiger partial charge in [-0.1, -0.05) is 19.8 Å². The molecule has 0 amide bonds. The molecule has 13 heavy (non-hydrogen) atoms. The Hall–Kier alpha value is -1.32. The Kier molecular flexibility index (Phi) is 3.49. The molecule has 1 rings (SSSR count). The molecule has 0 saturated heterocycles. The molecule has 0 aromatic carbocycles. The third-order valence-corrected chi connectivity index (χ3v) is 1.97. The molecule has 0 aliphatic rings. The standard InChI is InChI=1S/C9H14N2O2/c1-2-3-4-5-7-8(12)6-10-11-9(7)13/h6H,2-5H2,1H3,(H2,11,12,13). The molecule has 72 valence electrons. The van der Waals surface area contributed by atoms with E-state index in [9.17, 15) is 9.90 Å². The van der Waals surface area contributed by atoms with Crippen molar-refractivity contribution in [3.63, 3.8) is 0 Å². The summed E-state index contributed by atoms with van der Waals surface area (Å²) in [5, 5.41) is 15.1. The molecule has 0 aliphatic heterocycles. The fraction of sp³-hybridized carbons (Fsp3) is 0.556. The average Bonchev–Trinajstić information content (AvgIpc) is 2.10. The van der Waals surface area contributed by atoms with E-state index in [1.807, 2.05) is 0 Å². The molecule has 0 spiro atoms. The highest BCUT2D eigenvalue weighted by atomic mass is 16.3. The van der Waals surface area contributed by atoms with Gasteiger partial charge in [0.05, 0.1) is 11.8 Å². The zero-order valence-corrected chi connectivity index (χ0v) is 7.71. The zero-order chi connectivity index (χ0) is 9.68. The first kappa shape index (κ1) is 9.77. The summed E-state index contributed by atoms with van der Waals surface area (Å²) in [4.78, 5) is 11.2. The average molecular weight is 182 g/mol. The fourth-order valence-corrected chi connectivity index (χ4v) is 1.21. The van der Waals surface area contributed by atoms with E-state index in [-0.39, 0.29) is 11.3 Å². The molecule has 0 bridgehead atoms. The number of hydrogen-bond acceptors (Lipinski definition) is 3. The number of hydrogen-bond donors (Lipinski definition) is 2. The van der Waals surface area contributed by atoms with Gasteiger partial charge in [-0.2, -0.15) is 5.10 Å². The molecule has 1 heterocycles. The number of unbranched alkanes of at least 4 members (excludes halogenated alkanes) is 2. The maximum Gasteiger partial charge on any atom is 0.271 e. The van der Waals surface area contributed by atoms with Crippen LogP contribution in [0.1, 0.15) is 31.7 Å². The van der Waals surface area contributed by atoms with E-state index < -0.39 is 0 Å². The molecule has 4 nitrogen and oxygen atoms in total. The van der Waals surface area contributed by atoms with Gasteiger partial charge in [0.2, 0.25) is 0 Å². The van der Waals surface area contributed by atoms with Crippen LogP contribution in [0, 0.1) is 0 Å². The van der Waals surface area contributed by atoms with Crippen LogP contribution >= 0.6 is 0 Å². The monoisotopic (exact) mass is 182 g/mol. The second-order valence-corrected chi connectivity index (χ2v) is 3.02. The largest absolute Gasteiger partial charge is 0.506 e. The number of aromatic nitrogens is 2. The lowest BCUT2D eigenvalue weighted by Gasteiger charge is -2.00. The summed E-state index contributed by atoms with van der Waals surface area (Å²) in [5.74, 6) is -0.000136. The summed E-state index contributed by atoms with van der Waals surface area (Å²) in [5.41, 5.74) is 0.166. The third-order valence-electron chi connectivity index (χ3n) is 1.97. The van der Waals surface area contributed by atoms with Crippen LogP contribution in [0.2, 0.25) is 0 Å². The summed E-state index contributed by atoms with van der Waals surface area (Å²) in [7, 11) is 0. The second kappa shape index (κ2) is 4.64. The van der Waals surface area contributed by atoms with Crippen molar-refractivity contribution in [3.05, 3.63) is 22.1 Å². The minimum atomic E-state index is -0.281. The van der Waals surface area contributed by atoms with Crippen LogP contribution in [-0.4, -0.2) is 15.3 Å². The predicted molar refractivity (Wildman–Crippen MR) is 49.8 cm³/mol. The van der Waals surface area contributed by atoms with E-state index in [1.165, 1.54) is 6.20 Å². The first-order chi connectivity index (χ1) is 6.25. The summed E-state index contributed by atoms with van der Waals surface area (Å²) >= 11 is 0. The molecule has 0 aliphatic carbocycles. The van der Waals surface area contributed by atoms with Crippen LogP contribution in [0.4, 0.5) is 0 Å². The van der Waals surface area contributed by atoms with Crippen molar-refractivity contribution >= 4 is 0 Å². The molecular formula is C9H14N2O2. The van der Waals surface area contributed by atoms with Crippen LogP contribution in [0.15, 0.2) is 11.0 Å². The molecular weight excluding hydrogens is 168 g/mol. The Balaban J connectivity index is 2.70. The minimum absolute atomic E-state index is 0.000136. The summed E-state index contributed by atoms with van der Waals surface area (Å²) in [6.45, 7) is 2.09. The van der Waals surface area contributed by atoms with Gasteiger partial charge < -0.3 is 5.11 Å². The maximum atomic E-state index is 11.2. The van der Waals surface area contributed by atoms with Crippen molar-refractivity contribution in [2.75, 3.05) is 0 Å². The van der Waals surface area contributed by atoms with Crippen molar-refractivity contribution in [2.24, 2.45) is 0 Å². The number of rotatable bonds is 4. The van der Waals surface area contributed by atoms with Crippen LogP contribution in [-0.2, 0) is 6.42 Å². The lowest BCUT2D eigenvalue weighted by atomic mass is 10.1. The molecule has 1 aromatic heterocycles. The highest BCUT2D eigenvalue weighted by Gasteiger charge is 2.05. The van der Waals surface area contributed by atoms with E-state index >= 15 is 0 Å². The second-order valence-electron chi connectivity index (χ2n) is 3.02. The van der Waals surface area contributed by atoms with Gasteiger partial charge in [-0.05, 0) is 12.8 Å². The van der Waals surface area contributed by atoms with Crippen LogP contribution in [0.25, 0.3) is 0 Å². The summed E-state index contributed by atoms with van der Waals surface area (Å²) in [6.07, 6.45) is 4.99. The van der Waals surface area contributed by atoms with Crippen LogP contribution in [0.3, 0.4) is 0 Å². The number of aromatic amines is 1. The quantitative estimate of drug-likeness (QED) is 0.688. The Bertz CT molecular complexity index is 320. The molecule has 2 N–H and O–H groups in total. The van der Waals surface area contributed by atoms with Crippen molar-refractivity contribution < 1.29 is 5.11 Å².